The molecule has 2 aromatic heterocycles. The molecule has 0 aliphatic heterocycles. The van der Waals surface area contributed by atoms with Crippen molar-refractivity contribution in [3.8, 4) is 11.3 Å². The van der Waals surface area contributed by atoms with Gasteiger partial charge >= 0.3 is 0 Å². The highest BCUT2D eigenvalue weighted by Crippen LogP contribution is 2.28. The Labute approximate surface area is 164 Å². The van der Waals surface area contributed by atoms with Crippen molar-refractivity contribution in [3.63, 3.8) is 0 Å². The lowest BCUT2D eigenvalue weighted by atomic mass is 10.1. The van der Waals surface area contributed by atoms with E-state index in [4.69, 9.17) is 4.98 Å². The lowest BCUT2D eigenvalue weighted by molar-refractivity contribution is 0.0994. The van der Waals surface area contributed by atoms with Gasteiger partial charge in [-0.1, -0.05) is 48.5 Å². The molecule has 2 heterocycles. The summed E-state index contributed by atoms with van der Waals surface area (Å²) in [4.78, 5) is 19.9. The minimum absolute atomic E-state index is 0.0842. The molecule has 0 aliphatic rings. The van der Waals surface area contributed by atoms with Crippen molar-refractivity contribution in [1.82, 2.24) is 14.8 Å². The molecule has 0 atom stereocenters. The highest BCUT2D eigenvalue weighted by molar-refractivity contribution is 6.13. The third-order valence-corrected chi connectivity index (χ3v) is 4.80. The lowest BCUT2D eigenvalue weighted by Crippen LogP contribution is -2.26. The summed E-state index contributed by atoms with van der Waals surface area (Å²) in [6.45, 7) is 4.11. The van der Waals surface area contributed by atoms with E-state index in [1.807, 2.05) is 71.4 Å². The fraction of sp³-hybridized carbons (Fsp3) is 0.174. The third kappa shape index (κ3) is 3.16. The van der Waals surface area contributed by atoms with E-state index < -0.39 is 0 Å². The summed E-state index contributed by atoms with van der Waals surface area (Å²) in [6.07, 6.45) is 1.74. The van der Waals surface area contributed by atoms with Crippen LogP contribution in [0.2, 0.25) is 0 Å². The number of pyridine rings is 1. The Morgan fingerprint density at radius 1 is 1.00 bits per heavy atom. The van der Waals surface area contributed by atoms with Crippen LogP contribution in [0.4, 0.5) is 5.69 Å². The third-order valence-electron chi connectivity index (χ3n) is 4.80. The first-order valence-electron chi connectivity index (χ1n) is 9.33. The summed E-state index contributed by atoms with van der Waals surface area (Å²) in [5.41, 5.74) is 3.90. The highest BCUT2D eigenvalue weighted by atomic mass is 16.2. The van der Waals surface area contributed by atoms with Crippen molar-refractivity contribution in [2.24, 2.45) is 0 Å². The number of aromatic nitrogens is 3. The number of hydrogen-bond acceptors (Lipinski definition) is 3. The minimum Gasteiger partial charge on any atom is -0.311 e. The van der Waals surface area contributed by atoms with Gasteiger partial charge in [0.05, 0.1) is 22.8 Å². The number of nitrogens with zero attached hydrogens (tertiary/aromatic N) is 4. The van der Waals surface area contributed by atoms with Crippen molar-refractivity contribution < 1.29 is 4.79 Å². The van der Waals surface area contributed by atoms with Crippen LogP contribution in [0, 0.1) is 0 Å². The summed E-state index contributed by atoms with van der Waals surface area (Å²) in [5.74, 6) is -0.0842. The van der Waals surface area contributed by atoms with E-state index in [9.17, 15) is 4.79 Å². The van der Waals surface area contributed by atoms with E-state index in [0.717, 1.165) is 28.0 Å². The Bertz CT molecular complexity index is 1120. The summed E-state index contributed by atoms with van der Waals surface area (Å²) < 4.78 is 1.86. The second kappa shape index (κ2) is 7.27. The first-order chi connectivity index (χ1) is 13.6. The van der Waals surface area contributed by atoms with Crippen LogP contribution in [0.25, 0.3) is 22.3 Å². The highest BCUT2D eigenvalue weighted by Gasteiger charge is 2.21. The van der Waals surface area contributed by atoms with Crippen LogP contribution in [0.5, 0.6) is 0 Å². The molecule has 2 aromatic carbocycles. The first-order valence-corrected chi connectivity index (χ1v) is 9.33. The van der Waals surface area contributed by atoms with Crippen molar-refractivity contribution in [1.29, 1.82) is 0 Å². The minimum atomic E-state index is -0.0842. The van der Waals surface area contributed by atoms with E-state index in [1.165, 1.54) is 0 Å². The van der Waals surface area contributed by atoms with Crippen molar-refractivity contribution in [2.75, 3.05) is 11.9 Å². The van der Waals surface area contributed by atoms with Crippen LogP contribution in [0.3, 0.4) is 0 Å². The smallest absolute Gasteiger partial charge is 0.258 e. The van der Waals surface area contributed by atoms with Crippen LogP contribution in [-0.2, 0) is 0 Å². The van der Waals surface area contributed by atoms with Gasteiger partial charge in [0.25, 0.3) is 5.91 Å². The maximum absolute atomic E-state index is 13.4. The Kier molecular flexibility index (Phi) is 4.65. The van der Waals surface area contributed by atoms with Crippen LogP contribution < -0.4 is 4.90 Å². The zero-order chi connectivity index (χ0) is 19.7. The van der Waals surface area contributed by atoms with Crippen LogP contribution in [0.1, 0.15) is 30.2 Å². The fourth-order valence-corrected chi connectivity index (χ4v) is 3.28. The molecule has 1 amide bonds. The Hall–Kier alpha value is -3.47. The molecule has 0 fully saturated rings. The number of amides is 1. The molecule has 0 N–H and O–H groups in total. The van der Waals surface area contributed by atoms with Gasteiger partial charge in [0.15, 0.2) is 5.65 Å². The van der Waals surface area contributed by atoms with E-state index in [0.29, 0.717) is 5.56 Å². The quantitative estimate of drug-likeness (QED) is 0.510. The summed E-state index contributed by atoms with van der Waals surface area (Å²) in [5, 5.41) is 5.25. The molecule has 4 rings (SSSR count). The van der Waals surface area contributed by atoms with E-state index in [1.54, 1.807) is 18.1 Å². The average molecular weight is 370 g/mol. The Morgan fingerprint density at radius 3 is 2.29 bits per heavy atom. The zero-order valence-corrected chi connectivity index (χ0v) is 16.2. The predicted molar refractivity (Wildman–Crippen MR) is 113 cm³/mol. The molecule has 0 unspecified atom stereocenters. The first kappa shape index (κ1) is 17.9. The number of carbonyl (C=O) groups excluding carboxylic acids is 1. The van der Waals surface area contributed by atoms with E-state index in [-0.39, 0.29) is 11.9 Å². The number of anilines is 1. The number of carbonyl (C=O) groups is 1. The molecule has 0 aliphatic carbocycles. The van der Waals surface area contributed by atoms with E-state index >= 15 is 0 Å². The standard InChI is InChI=1S/C23H22N4O/c1-16(2)27-22-20(15-24-27)19(14-21(25-22)17-10-6-4-7-11-17)23(28)26(3)18-12-8-5-9-13-18/h4-16H,1-3H3. The molecule has 0 saturated carbocycles. The van der Waals surface area contributed by atoms with Gasteiger partial charge in [-0.25, -0.2) is 9.67 Å². The number of rotatable bonds is 4. The molecule has 5 heteroatoms. The van der Waals surface area contributed by atoms with Crippen LogP contribution in [0.15, 0.2) is 72.9 Å². The van der Waals surface area contributed by atoms with Crippen molar-refractivity contribution in [3.05, 3.63) is 78.5 Å². The molecule has 5 nitrogen and oxygen atoms in total. The fourth-order valence-electron chi connectivity index (χ4n) is 3.28. The van der Waals surface area contributed by atoms with Gasteiger partial charge in [0.2, 0.25) is 0 Å². The average Bonchev–Trinajstić information content (AvgIpc) is 3.17. The molecular formula is C23H22N4O. The van der Waals surface area contributed by atoms with Crippen molar-refractivity contribution >= 4 is 22.6 Å². The second-order valence-electron chi connectivity index (χ2n) is 7.04. The molecule has 0 spiro atoms. The van der Waals surface area contributed by atoms with Gasteiger partial charge in [-0.2, -0.15) is 5.10 Å². The summed E-state index contributed by atoms with van der Waals surface area (Å²) in [7, 11) is 1.79. The van der Waals surface area contributed by atoms with Gasteiger partial charge in [-0.05, 0) is 32.0 Å². The number of benzene rings is 2. The maximum Gasteiger partial charge on any atom is 0.258 e. The second-order valence-corrected chi connectivity index (χ2v) is 7.04. The largest absolute Gasteiger partial charge is 0.311 e. The van der Waals surface area contributed by atoms with Crippen molar-refractivity contribution in [2.45, 2.75) is 19.9 Å². The molecule has 0 bridgehead atoms. The van der Waals surface area contributed by atoms with E-state index in [2.05, 4.69) is 18.9 Å². The monoisotopic (exact) mass is 370 g/mol. The number of para-hydroxylation sites is 1. The number of fused-ring (bicyclic) bond motifs is 1. The molecule has 4 aromatic rings. The molecule has 28 heavy (non-hydrogen) atoms. The Balaban J connectivity index is 1.90. The molecule has 0 radical (unpaired) electrons. The molecular weight excluding hydrogens is 348 g/mol. The van der Waals surface area contributed by atoms with Crippen LogP contribution >= 0.6 is 0 Å². The summed E-state index contributed by atoms with van der Waals surface area (Å²) in [6, 6.07) is 21.5. The number of hydrogen-bond donors (Lipinski definition) is 0. The van der Waals surface area contributed by atoms with Gasteiger partial charge in [0.1, 0.15) is 0 Å². The van der Waals surface area contributed by atoms with Gasteiger partial charge in [-0.15, -0.1) is 0 Å². The summed E-state index contributed by atoms with van der Waals surface area (Å²) >= 11 is 0. The van der Waals surface area contributed by atoms with Crippen LogP contribution in [-0.4, -0.2) is 27.7 Å². The van der Waals surface area contributed by atoms with Gasteiger partial charge < -0.3 is 4.90 Å². The maximum atomic E-state index is 13.4. The van der Waals surface area contributed by atoms with Gasteiger partial charge in [0, 0.05) is 24.3 Å². The lowest BCUT2D eigenvalue weighted by Gasteiger charge is -2.18. The molecule has 140 valence electrons. The van der Waals surface area contributed by atoms with Gasteiger partial charge in [-0.3, -0.25) is 4.79 Å². The molecule has 0 saturated heterocycles. The zero-order valence-electron chi connectivity index (χ0n) is 16.2. The SMILES string of the molecule is CC(C)n1ncc2c(C(=O)N(C)c3ccccc3)cc(-c3ccccc3)nc21. The topological polar surface area (TPSA) is 51.0 Å². The Morgan fingerprint density at radius 2 is 1.64 bits per heavy atom. The predicted octanol–water partition coefficient (Wildman–Crippen LogP) is 4.96. The normalized spacial score (nSPS) is 11.1.